The second kappa shape index (κ2) is 8.19. The van der Waals surface area contributed by atoms with Crippen molar-refractivity contribution in [2.24, 2.45) is 0 Å². The number of nitrogens with one attached hydrogen (secondary N) is 1. The Balaban J connectivity index is 1.67. The van der Waals surface area contributed by atoms with Gasteiger partial charge < -0.3 is 25.5 Å². The van der Waals surface area contributed by atoms with Crippen molar-refractivity contribution >= 4 is 16.9 Å². The first-order valence-corrected chi connectivity index (χ1v) is 10.5. The van der Waals surface area contributed by atoms with Gasteiger partial charge in [0.15, 0.2) is 23.1 Å². The highest BCUT2D eigenvalue weighted by molar-refractivity contribution is 5.88. The maximum absolute atomic E-state index is 10.6. The van der Waals surface area contributed by atoms with Gasteiger partial charge in [-0.15, -0.1) is 0 Å². The first-order chi connectivity index (χ1) is 14.4. The quantitative estimate of drug-likeness (QED) is 0.449. The topological polar surface area (TPSA) is 137 Å². The second-order valence-electron chi connectivity index (χ2n) is 8.19. The van der Waals surface area contributed by atoms with E-state index in [-0.39, 0.29) is 5.82 Å². The van der Waals surface area contributed by atoms with Crippen LogP contribution in [0.15, 0.2) is 10.8 Å². The molecule has 0 spiro atoms. The first kappa shape index (κ1) is 20.5. The lowest BCUT2D eigenvalue weighted by molar-refractivity contribution is 0.0753. The zero-order chi connectivity index (χ0) is 21.3. The fourth-order valence-electron chi connectivity index (χ4n) is 3.68. The number of nitrogen functional groups attached to an aromatic ring is 1. The van der Waals surface area contributed by atoms with Crippen LogP contribution in [0.5, 0.6) is 5.75 Å². The van der Waals surface area contributed by atoms with Crippen molar-refractivity contribution < 1.29 is 14.5 Å². The van der Waals surface area contributed by atoms with Crippen molar-refractivity contribution in [2.75, 3.05) is 18.9 Å². The van der Waals surface area contributed by atoms with Gasteiger partial charge in [-0.05, 0) is 56.9 Å². The van der Waals surface area contributed by atoms with Crippen molar-refractivity contribution in [1.29, 1.82) is 0 Å². The first-order valence-electron chi connectivity index (χ1n) is 10.5. The predicted molar refractivity (Wildman–Crippen MR) is 112 cm³/mol. The molecule has 1 fully saturated rings. The summed E-state index contributed by atoms with van der Waals surface area (Å²) in [6.07, 6.45) is 6.39. The van der Waals surface area contributed by atoms with E-state index in [1.54, 1.807) is 20.0 Å². The number of aryl methyl sites for hydroxylation is 1. The summed E-state index contributed by atoms with van der Waals surface area (Å²) in [5.74, 6) is 1.26. The summed E-state index contributed by atoms with van der Waals surface area (Å²) < 4.78 is 12.8. The second-order valence-corrected chi connectivity index (χ2v) is 8.19. The smallest absolute Gasteiger partial charge is 0.199 e. The van der Waals surface area contributed by atoms with E-state index in [1.807, 2.05) is 11.5 Å². The Morgan fingerprint density at radius 1 is 1.37 bits per heavy atom. The normalized spacial score (nSPS) is 14.9. The van der Waals surface area contributed by atoms with E-state index >= 15 is 0 Å². The molecule has 0 aromatic carbocycles. The van der Waals surface area contributed by atoms with Gasteiger partial charge in [0.05, 0.1) is 18.5 Å². The number of anilines is 1. The van der Waals surface area contributed by atoms with Crippen molar-refractivity contribution in [1.82, 2.24) is 30.2 Å². The molecule has 4 rings (SSSR count). The number of aromatic nitrogens is 5. The highest BCUT2D eigenvalue weighted by Gasteiger charge is 2.28. The third-order valence-electron chi connectivity index (χ3n) is 5.47. The molecule has 1 aliphatic rings. The molecule has 4 N–H and O–H groups in total. The standard InChI is InChI=1S/C20H29N7O3/c1-4-27-16-13(29-10-6-9-22-12-7-5-8-12)11-23-17(20(2,3)28)14(16)24-19(27)15-18(21)26-30-25-15/h11-12,22,28H,4-10H2,1-3H3,(H2,21,26). The van der Waals surface area contributed by atoms with Crippen molar-refractivity contribution in [3.05, 3.63) is 11.9 Å². The molecule has 1 saturated carbocycles. The van der Waals surface area contributed by atoms with Crippen LogP contribution in [0.4, 0.5) is 5.82 Å². The number of nitrogens with two attached hydrogens (primary N) is 1. The molecule has 3 aromatic heterocycles. The summed E-state index contributed by atoms with van der Waals surface area (Å²) in [7, 11) is 0. The van der Waals surface area contributed by atoms with Crippen LogP contribution in [0.1, 0.15) is 52.1 Å². The monoisotopic (exact) mass is 415 g/mol. The van der Waals surface area contributed by atoms with E-state index < -0.39 is 5.60 Å². The third kappa shape index (κ3) is 3.84. The molecule has 3 aromatic rings. The van der Waals surface area contributed by atoms with Crippen LogP contribution in [0.25, 0.3) is 22.6 Å². The lowest BCUT2D eigenvalue weighted by atomic mass is 9.93. The molecule has 1 aliphatic carbocycles. The van der Waals surface area contributed by atoms with Gasteiger partial charge in [0, 0.05) is 12.6 Å². The minimum atomic E-state index is -1.18. The van der Waals surface area contributed by atoms with Crippen molar-refractivity contribution in [2.45, 2.75) is 64.6 Å². The summed E-state index contributed by atoms with van der Waals surface area (Å²) in [4.78, 5) is 9.17. The summed E-state index contributed by atoms with van der Waals surface area (Å²) in [6.45, 7) is 7.41. The van der Waals surface area contributed by atoms with Gasteiger partial charge in [-0.25, -0.2) is 9.61 Å². The van der Waals surface area contributed by atoms with Crippen molar-refractivity contribution in [3.8, 4) is 17.3 Å². The molecular formula is C20H29N7O3. The summed E-state index contributed by atoms with van der Waals surface area (Å²) in [6, 6.07) is 0.662. The minimum absolute atomic E-state index is 0.155. The Morgan fingerprint density at radius 3 is 2.77 bits per heavy atom. The van der Waals surface area contributed by atoms with Gasteiger partial charge in [-0.3, -0.25) is 4.98 Å². The van der Waals surface area contributed by atoms with Gasteiger partial charge in [0.1, 0.15) is 16.6 Å². The van der Waals surface area contributed by atoms with Gasteiger partial charge in [0.2, 0.25) is 0 Å². The van der Waals surface area contributed by atoms with Crippen LogP contribution < -0.4 is 15.8 Å². The summed E-state index contributed by atoms with van der Waals surface area (Å²) in [5.41, 5.74) is 6.83. The number of aliphatic hydroxyl groups is 1. The molecule has 0 unspecified atom stereocenters. The summed E-state index contributed by atoms with van der Waals surface area (Å²) >= 11 is 0. The Bertz CT molecular complexity index is 1020. The van der Waals surface area contributed by atoms with Crippen LogP contribution in [0.3, 0.4) is 0 Å². The number of fused-ring (bicyclic) bond motifs is 1. The van der Waals surface area contributed by atoms with Gasteiger partial charge >= 0.3 is 0 Å². The maximum atomic E-state index is 10.6. The molecule has 30 heavy (non-hydrogen) atoms. The van der Waals surface area contributed by atoms with E-state index in [9.17, 15) is 5.11 Å². The van der Waals surface area contributed by atoms with Crippen LogP contribution in [0.2, 0.25) is 0 Å². The van der Waals surface area contributed by atoms with Crippen LogP contribution >= 0.6 is 0 Å². The molecular weight excluding hydrogens is 386 g/mol. The average Bonchev–Trinajstić information content (AvgIpc) is 3.24. The number of rotatable bonds is 9. The number of hydrogen-bond donors (Lipinski definition) is 3. The molecule has 0 aliphatic heterocycles. The Labute approximate surface area is 174 Å². The Morgan fingerprint density at radius 2 is 2.17 bits per heavy atom. The lowest BCUT2D eigenvalue weighted by Crippen LogP contribution is -2.36. The highest BCUT2D eigenvalue weighted by Crippen LogP contribution is 2.36. The number of imidazole rings is 1. The maximum Gasteiger partial charge on any atom is 0.199 e. The van der Waals surface area contributed by atoms with E-state index in [0.717, 1.165) is 18.5 Å². The molecule has 10 heteroatoms. The molecule has 0 atom stereocenters. The van der Waals surface area contributed by atoms with Gasteiger partial charge in [-0.2, -0.15) is 0 Å². The molecule has 0 amide bonds. The lowest BCUT2D eigenvalue weighted by Gasteiger charge is -2.26. The highest BCUT2D eigenvalue weighted by atomic mass is 16.6. The van der Waals surface area contributed by atoms with Crippen LogP contribution in [0, 0.1) is 0 Å². The average molecular weight is 415 g/mol. The Hall–Kier alpha value is -2.72. The van der Waals surface area contributed by atoms with Crippen LogP contribution in [-0.4, -0.2) is 49.1 Å². The number of hydrogen-bond acceptors (Lipinski definition) is 9. The summed E-state index contributed by atoms with van der Waals surface area (Å²) in [5, 5.41) is 21.7. The zero-order valence-electron chi connectivity index (χ0n) is 17.7. The molecule has 3 heterocycles. The number of nitrogens with zero attached hydrogens (tertiary/aromatic N) is 5. The number of ether oxygens (including phenoxy) is 1. The van der Waals surface area contributed by atoms with Gasteiger partial charge in [0.25, 0.3) is 0 Å². The molecule has 0 bridgehead atoms. The fraction of sp³-hybridized carbons (Fsp3) is 0.600. The molecule has 10 nitrogen and oxygen atoms in total. The zero-order valence-corrected chi connectivity index (χ0v) is 17.7. The van der Waals surface area contributed by atoms with E-state index in [4.69, 9.17) is 20.1 Å². The molecule has 0 saturated heterocycles. The molecule has 0 radical (unpaired) electrons. The third-order valence-corrected chi connectivity index (χ3v) is 5.47. The van der Waals surface area contributed by atoms with Crippen LogP contribution in [-0.2, 0) is 12.1 Å². The minimum Gasteiger partial charge on any atom is -0.490 e. The largest absolute Gasteiger partial charge is 0.490 e. The SMILES string of the molecule is CCn1c(-c2nonc2N)nc2c(C(C)(C)O)ncc(OCCCNC3CCC3)c21. The predicted octanol–water partition coefficient (Wildman–Crippen LogP) is 2.22. The van der Waals surface area contributed by atoms with E-state index in [2.05, 4.69) is 20.6 Å². The van der Waals surface area contributed by atoms with Gasteiger partial charge in [-0.1, -0.05) is 6.42 Å². The van der Waals surface area contributed by atoms with Crippen molar-refractivity contribution in [3.63, 3.8) is 0 Å². The fourth-order valence-corrected chi connectivity index (χ4v) is 3.68. The van der Waals surface area contributed by atoms with E-state index in [0.29, 0.717) is 47.7 Å². The molecule has 162 valence electrons. The van der Waals surface area contributed by atoms with E-state index in [1.165, 1.54) is 19.3 Å². The Kier molecular flexibility index (Phi) is 5.61. The number of pyridine rings is 1.